The smallest absolute Gasteiger partial charge is 0.387 e. The van der Waals surface area contributed by atoms with Crippen LogP contribution in [0, 0.1) is 10.1 Å². The standard InChI is InChI=1S/C13H12F2N2O3S/c1-8(12-3-2-6-21-12)16-10-5-4-9(17(18)19)7-11(10)20-13(14)15/h2-8,13,16H,1H3. The third-order valence-corrected chi connectivity index (χ3v) is 3.79. The Bertz CT molecular complexity index is 620. The molecule has 1 aromatic heterocycles. The number of nitrogens with one attached hydrogen (secondary N) is 1. The average Bonchev–Trinajstić information content (AvgIpc) is 2.93. The molecule has 1 heterocycles. The number of nitro benzene ring substituents is 1. The minimum atomic E-state index is -3.05. The van der Waals surface area contributed by atoms with Crippen LogP contribution in [-0.4, -0.2) is 11.5 Å². The summed E-state index contributed by atoms with van der Waals surface area (Å²) in [4.78, 5) is 11.1. The van der Waals surface area contributed by atoms with Crippen LogP contribution in [-0.2, 0) is 0 Å². The minimum Gasteiger partial charge on any atom is -0.432 e. The van der Waals surface area contributed by atoms with Gasteiger partial charge in [-0.3, -0.25) is 10.1 Å². The summed E-state index contributed by atoms with van der Waals surface area (Å²) in [5.74, 6) is -0.248. The van der Waals surface area contributed by atoms with E-state index < -0.39 is 11.5 Å². The van der Waals surface area contributed by atoms with Crippen LogP contribution in [0.3, 0.4) is 0 Å². The molecule has 21 heavy (non-hydrogen) atoms. The van der Waals surface area contributed by atoms with E-state index in [1.54, 1.807) is 0 Å². The van der Waals surface area contributed by atoms with E-state index in [1.807, 2.05) is 24.4 Å². The summed E-state index contributed by atoms with van der Waals surface area (Å²) >= 11 is 1.52. The Morgan fingerprint density at radius 2 is 2.14 bits per heavy atom. The van der Waals surface area contributed by atoms with Gasteiger partial charge in [0.25, 0.3) is 5.69 Å². The molecule has 0 spiro atoms. The molecule has 0 radical (unpaired) electrons. The van der Waals surface area contributed by atoms with Crippen molar-refractivity contribution in [1.29, 1.82) is 0 Å². The molecule has 8 heteroatoms. The second-order valence-electron chi connectivity index (χ2n) is 4.20. The van der Waals surface area contributed by atoms with Crippen LogP contribution < -0.4 is 10.1 Å². The third kappa shape index (κ3) is 3.88. The number of thiophene rings is 1. The number of non-ortho nitro benzene ring substituents is 1. The number of anilines is 1. The molecule has 1 atom stereocenters. The molecule has 0 saturated carbocycles. The number of hydrogen-bond acceptors (Lipinski definition) is 5. The summed E-state index contributed by atoms with van der Waals surface area (Å²) in [6.07, 6.45) is 0. The van der Waals surface area contributed by atoms with Gasteiger partial charge >= 0.3 is 6.61 Å². The van der Waals surface area contributed by atoms with Crippen molar-refractivity contribution in [3.8, 4) is 5.75 Å². The van der Waals surface area contributed by atoms with Gasteiger partial charge in [0, 0.05) is 10.9 Å². The first-order valence-corrected chi connectivity index (χ1v) is 6.88. The van der Waals surface area contributed by atoms with Crippen molar-refractivity contribution in [2.75, 3.05) is 5.32 Å². The van der Waals surface area contributed by atoms with Crippen molar-refractivity contribution in [2.24, 2.45) is 0 Å². The molecule has 0 saturated heterocycles. The van der Waals surface area contributed by atoms with Crippen LogP contribution in [0.2, 0.25) is 0 Å². The van der Waals surface area contributed by atoms with Gasteiger partial charge in [-0.05, 0) is 24.4 Å². The fraction of sp³-hybridized carbons (Fsp3) is 0.231. The molecule has 0 aliphatic carbocycles. The first-order chi connectivity index (χ1) is 9.97. The summed E-state index contributed by atoms with van der Waals surface area (Å²) in [5.41, 5.74) is -0.0261. The van der Waals surface area contributed by atoms with Crippen LogP contribution in [0.25, 0.3) is 0 Å². The molecule has 1 unspecified atom stereocenters. The van der Waals surface area contributed by atoms with Crippen molar-refractivity contribution in [2.45, 2.75) is 19.6 Å². The quantitative estimate of drug-likeness (QED) is 0.633. The molecule has 0 bridgehead atoms. The van der Waals surface area contributed by atoms with Gasteiger partial charge in [0.05, 0.1) is 22.7 Å². The van der Waals surface area contributed by atoms with Crippen molar-refractivity contribution in [1.82, 2.24) is 0 Å². The third-order valence-electron chi connectivity index (χ3n) is 2.73. The highest BCUT2D eigenvalue weighted by atomic mass is 32.1. The molecule has 0 fully saturated rings. The van der Waals surface area contributed by atoms with E-state index in [-0.39, 0.29) is 23.2 Å². The Kier molecular flexibility index (Phi) is 4.69. The second kappa shape index (κ2) is 6.49. The summed E-state index contributed by atoms with van der Waals surface area (Å²) in [5, 5.41) is 15.6. The van der Waals surface area contributed by atoms with Gasteiger partial charge in [0.1, 0.15) is 0 Å². The predicted molar refractivity (Wildman–Crippen MR) is 76.1 cm³/mol. The summed E-state index contributed by atoms with van der Waals surface area (Å²) in [6.45, 7) is -1.19. The van der Waals surface area contributed by atoms with Gasteiger partial charge in [-0.2, -0.15) is 8.78 Å². The lowest BCUT2D eigenvalue weighted by Crippen LogP contribution is -2.09. The SMILES string of the molecule is CC(Nc1ccc([N+](=O)[O-])cc1OC(F)F)c1cccs1. The molecule has 0 aliphatic heterocycles. The largest absolute Gasteiger partial charge is 0.432 e. The molecular weight excluding hydrogens is 302 g/mol. The van der Waals surface area contributed by atoms with Gasteiger partial charge < -0.3 is 10.1 Å². The summed E-state index contributed by atoms with van der Waals surface area (Å²) in [6, 6.07) is 7.23. The van der Waals surface area contributed by atoms with Crippen LogP contribution in [0.15, 0.2) is 35.7 Å². The minimum absolute atomic E-state index is 0.133. The topological polar surface area (TPSA) is 64.4 Å². The maximum absolute atomic E-state index is 12.4. The number of benzene rings is 1. The predicted octanol–water partition coefficient (Wildman–Crippen LogP) is 4.43. The van der Waals surface area contributed by atoms with Crippen molar-refractivity contribution in [3.63, 3.8) is 0 Å². The molecule has 2 rings (SSSR count). The first kappa shape index (κ1) is 15.2. The lowest BCUT2D eigenvalue weighted by atomic mass is 10.2. The number of halogens is 2. The number of alkyl halides is 2. The number of rotatable bonds is 6. The van der Waals surface area contributed by atoms with Gasteiger partial charge in [-0.1, -0.05) is 6.07 Å². The van der Waals surface area contributed by atoms with Gasteiger partial charge in [0.2, 0.25) is 0 Å². The zero-order chi connectivity index (χ0) is 15.4. The Labute approximate surface area is 123 Å². The molecule has 2 aromatic rings. The van der Waals surface area contributed by atoms with Gasteiger partial charge in [-0.25, -0.2) is 0 Å². The average molecular weight is 314 g/mol. The highest BCUT2D eigenvalue weighted by molar-refractivity contribution is 7.10. The zero-order valence-electron chi connectivity index (χ0n) is 11.0. The molecule has 0 amide bonds. The Hall–Kier alpha value is -2.22. The van der Waals surface area contributed by atoms with Gasteiger partial charge in [-0.15, -0.1) is 11.3 Å². The maximum atomic E-state index is 12.4. The van der Waals surface area contributed by atoms with E-state index in [4.69, 9.17) is 0 Å². The fourth-order valence-corrected chi connectivity index (χ4v) is 2.51. The Morgan fingerprint density at radius 3 is 2.71 bits per heavy atom. The number of hydrogen-bond donors (Lipinski definition) is 1. The van der Waals surface area contributed by atoms with Crippen LogP contribution in [0.1, 0.15) is 17.8 Å². The lowest BCUT2D eigenvalue weighted by molar-refractivity contribution is -0.385. The number of nitrogens with zero attached hydrogens (tertiary/aromatic N) is 1. The fourth-order valence-electron chi connectivity index (χ4n) is 1.78. The molecule has 1 N–H and O–H groups in total. The number of nitro groups is 1. The highest BCUT2D eigenvalue weighted by Crippen LogP contribution is 2.33. The van der Waals surface area contributed by atoms with E-state index in [0.717, 1.165) is 10.9 Å². The van der Waals surface area contributed by atoms with Gasteiger partial charge in [0.15, 0.2) is 5.75 Å². The van der Waals surface area contributed by atoms with E-state index in [1.165, 1.54) is 23.5 Å². The van der Waals surface area contributed by atoms with Crippen molar-refractivity contribution < 1.29 is 18.4 Å². The Balaban J connectivity index is 2.26. The van der Waals surface area contributed by atoms with E-state index in [2.05, 4.69) is 10.1 Å². The van der Waals surface area contributed by atoms with E-state index in [0.29, 0.717) is 0 Å². The molecule has 112 valence electrons. The lowest BCUT2D eigenvalue weighted by Gasteiger charge is -2.17. The zero-order valence-corrected chi connectivity index (χ0v) is 11.8. The molecular formula is C13H12F2N2O3S. The van der Waals surface area contributed by atoms with Crippen molar-refractivity contribution in [3.05, 3.63) is 50.7 Å². The second-order valence-corrected chi connectivity index (χ2v) is 5.18. The number of ether oxygens (including phenoxy) is 1. The molecule has 5 nitrogen and oxygen atoms in total. The summed E-state index contributed by atoms with van der Waals surface area (Å²) in [7, 11) is 0. The van der Waals surface area contributed by atoms with Crippen LogP contribution in [0.5, 0.6) is 5.75 Å². The monoisotopic (exact) mass is 314 g/mol. The van der Waals surface area contributed by atoms with E-state index >= 15 is 0 Å². The highest BCUT2D eigenvalue weighted by Gasteiger charge is 2.17. The first-order valence-electron chi connectivity index (χ1n) is 6.00. The van der Waals surface area contributed by atoms with Crippen LogP contribution >= 0.6 is 11.3 Å². The Morgan fingerprint density at radius 1 is 1.38 bits per heavy atom. The summed E-state index contributed by atoms with van der Waals surface area (Å²) < 4.78 is 29.2. The normalized spacial score (nSPS) is 12.2. The van der Waals surface area contributed by atoms with E-state index in [9.17, 15) is 18.9 Å². The molecule has 0 aliphatic rings. The maximum Gasteiger partial charge on any atom is 0.387 e. The van der Waals surface area contributed by atoms with Crippen molar-refractivity contribution >= 4 is 22.7 Å². The van der Waals surface area contributed by atoms with Crippen LogP contribution in [0.4, 0.5) is 20.2 Å². The molecule has 1 aromatic carbocycles.